The van der Waals surface area contributed by atoms with Crippen LogP contribution in [0.15, 0.2) is 18.2 Å². The SMILES string of the molecule is COC(=O)c1ccc(OC)c2c1C=CC1(CCCCC1)O2. The molecule has 0 bridgehead atoms. The Labute approximate surface area is 124 Å². The zero-order valence-electron chi connectivity index (χ0n) is 12.5. The van der Waals surface area contributed by atoms with E-state index in [9.17, 15) is 4.79 Å². The van der Waals surface area contributed by atoms with Crippen molar-refractivity contribution in [2.75, 3.05) is 14.2 Å². The Morgan fingerprint density at radius 1 is 1.19 bits per heavy atom. The Hall–Kier alpha value is -1.97. The van der Waals surface area contributed by atoms with Gasteiger partial charge in [0, 0.05) is 5.56 Å². The van der Waals surface area contributed by atoms with Gasteiger partial charge in [0.25, 0.3) is 0 Å². The lowest BCUT2D eigenvalue weighted by molar-refractivity contribution is 0.0588. The molecule has 0 amide bonds. The van der Waals surface area contributed by atoms with Gasteiger partial charge in [0.15, 0.2) is 11.5 Å². The van der Waals surface area contributed by atoms with Crippen LogP contribution in [0.2, 0.25) is 0 Å². The quantitative estimate of drug-likeness (QED) is 0.780. The van der Waals surface area contributed by atoms with Crippen LogP contribution in [-0.2, 0) is 4.74 Å². The molecule has 0 saturated heterocycles. The summed E-state index contributed by atoms with van der Waals surface area (Å²) in [4.78, 5) is 11.9. The standard InChI is InChI=1S/C17H20O4/c1-19-14-7-6-13(16(18)20-2)12-8-11-17(21-15(12)14)9-4-3-5-10-17/h6-8,11H,3-5,9-10H2,1-2H3. The van der Waals surface area contributed by atoms with E-state index in [1.54, 1.807) is 19.2 Å². The third kappa shape index (κ3) is 2.39. The third-order valence-corrected chi connectivity index (χ3v) is 4.34. The molecule has 2 aliphatic rings. The molecule has 1 aliphatic carbocycles. The van der Waals surface area contributed by atoms with Crippen molar-refractivity contribution in [2.24, 2.45) is 0 Å². The summed E-state index contributed by atoms with van der Waals surface area (Å²) in [6.45, 7) is 0. The van der Waals surface area contributed by atoms with Gasteiger partial charge >= 0.3 is 5.97 Å². The molecule has 0 radical (unpaired) electrons. The van der Waals surface area contributed by atoms with Gasteiger partial charge in [-0.1, -0.05) is 12.5 Å². The van der Waals surface area contributed by atoms with Gasteiger partial charge in [-0.05, 0) is 43.9 Å². The number of methoxy groups -OCH3 is 2. The zero-order valence-corrected chi connectivity index (χ0v) is 12.5. The summed E-state index contributed by atoms with van der Waals surface area (Å²) in [5, 5.41) is 0. The predicted molar refractivity (Wildman–Crippen MR) is 79.8 cm³/mol. The first-order valence-corrected chi connectivity index (χ1v) is 7.37. The van der Waals surface area contributed by atoms with E-state index in [-0.39, 0.29) is 11.6 Å². The van der Waals surface area contributed by atoms with Crippen molar-refractivity contribution in [1.29, 1.82) is 0 Å². The molecule has 1 saturated carbocycles. The smallest absolute Gasteiger partial charge is 0.338 e. The normalized spacial score (nSPS) is 18.8. The highest BCUT2D eigenvalue weighted by Gasteiger charge is 2.36. The maximum Gasteiger partial charge on any atom is 0.338 e. The topological polar surface area (TPSA) is 44.8 Å². The van der Waals surface area contributed by atoms with Gasteiger partial charge in [0.2, 0.25) is 0 Å². The Kier molecular flexibility index (Phi) is 3.62. The van der Waals surface area contributed by atoms with E-state index in [4.69, 9.17) is 14.2 Å². The van der Waals surface area contributed by atoms with Gasteiger partial charge < -0.3 is 14.2 Å². The fourth-order valence-electron chi connectivity index (χ4n) is 3.19. The van der Waals surface area contributed by atoms with Crippen LogP contribution >= 0.6 is 0 Å². The van der Waals surface area contributed by atoms with Crippen LogP contribution in [-0.4, -0.2) is 25.8 Å². The molecule has 0 aromatic heterocycles. The summed E-state index contributed by atoms with van der Waals surface area (Å²) in [6.07, 6.45) is 9.69. The first-order chi connectivity index (χ1) is 10.2. The molecular formula is C17H20O4. The van der Waals surface area contributed by atoms with Crippen LogP contribution in [0, 0.1) is 0 Å². The summed E-state index contributed by atoms with van der Waals surface area (Å²) in [6, 6.07) is 3.48. The third-order valence-electron chi connectivity index (χ3n) is 4.34. The van der Waals surface area contributed by atoms with E-state index in [0.717, 1.165) is 18.4 Å². The number of carbonyl (C=O) groups excluding carboxylic acids is 1. The number of ether oxygens (including phenoxy) is 3. The molecule has 21 heavy (non-hydrogen) atoms. The van der Waals surface area contributed by atoms with Crippen LogP contribution in [0.3, 0.4) is 0 Å². The Morgan fingerprint density at radius 2 is 1.95 bits per heavy atom. The minimum atomic E-state index is -0.359. The Balaban J connectivity index is 2.06. The Bertz CT molecular complexity index is 583. The monoisotopic (exact) mass is 288 g/mol. The molecular weight excluding hydrogens is 268 g/mol. The first kappa shape index (κ1) is 14.0. The van der Waals surface area contributed by atoms with Crippen LogP contribution in [0.5, 0.6) is 11.5 Å². The fraction of sp³-hybridized carbons (Fsp3) is 0.471. The van der Waals surface area contributed by atoms with Crippen LogP contribution < -0.4 is 9.47 Å². The predicted octanol–water partition coefficient (Wildman–Crippen LogP) is 3.59. The number of rotatable bonds is 2. The highest BCUT2D eigenvalue weighted by molar-refractivity contribution is 5.95. The van der Waals surface area contributed by atoms with E-state index in [0.29, 0.717) is 17.1 Å². The van der Waals surface area contributed by atoms with Gasteiger partial charge in [-0.2, -0.15) is 0 Å². The van der Waals surface area contributed by atoms with Gasteiger partial charge in [-0.15, -0.1) is 0 Å². The molecule has 1 heterocycles. The second kappa shape index (κ2) is 5.43. The molecule has 4 nitrogen and oxygen atoms in total. The molecule has 4 heteroatoms. The molecule has 0 atom stereocenters. The molecule has 1 aromatic carbocycles. The van der Waals surface area contributed by atoms with Gasteiger partial charge in [0.1, 0.15) is 5.60 Å². The lowest BCUT2D eigenvalue weighted by Gasteiger charge is -2.38. The largest absolute Gasteiger partial charge is 0.493 e. The van der Waals surface area contributed by atoms with E-state index in [2.05, 4.69) is 6.08 Å². The molecule has 3 rings (SSSR count). The average Bonchev–Trinajstić information content (AvgIpc) is 2.53. The molecule has 1 spiro atoms. The summed E-state index contributed by atoms with van der Waals surface area (Å²) in [7, 11) is 3.00. The number of benzene rings is 1. The second-order valence-electron chi connectivity index (χ2n) is 5.61. The van der Waals surface area contributed by atoms with Crippen molar-refractivity contribution < 1.29 is 19.0 Å². The number of esters is 1. The van der Waals surface area contributed by atoms with Crippen molar-refractivity contribution in [3.63, 3.8) is 0 Å². The first-order valence-electron chi connectivity index (χ1n) is 7.37. The minimum Gasteiger partial charge on any atom is -0.493 e. The van der Waals surface area contributed by atoms with Crippen LogP contribution in [0.4, 0.5) is 0 Å². The second-order valence-corrected chi connectivity index (χ2v) is 5.61. The molecule has 1 aliphatic heterocycles. The average molecular weight is 288 g/mol. The fourth-order valence-corrected chi connectivity index (χ4v) is 3.19. The number of hydrogen-bond acceptors (Lipinski definition) is 4. The Morgan fingerprint density at radius 3 is 2.62 bits per heavy atom. The lowest BCUT2D eigenvalue weighted by atomic mass is 9.82. The summed E-state index contributed by atoms with van der Waals surface area (Å²) in [5.74, 6) is 0.957. The molecule has 112 valence electrons. The van der Waals surface area contributed by atoms with E-state index >= 15 is 0 Å². The summed E-state index contributed by atoms with van der Waals surface area (Å²) in [5.41, 5.74) is 1.01. The molecule has 0 N–H and O–H groups in total. The van der Waals surface area contributed by atoms with Crippen LogP contribution in [0.1, 0.15) is 48.0 Å². The molecule has 0 unspecified atom stereocenters. The van der Waals surface area contributed by atoms with Gasteiger partial charge in [-0.3, -0.25) is 0 Å². The van der Waals surface area contributed by atoms with E-state index in [1.807, 2.05) is 6.08 Å². The number of hydrogen-bond donors (Lipinski definition) is 0. The number of fused-ring (bicyclic) bond motifs is 1. The van der Waals surface area contributed by atoms with Crippen molar-refractivity contribution in [3.05, 3.63) is 29.3 Å². The summed E-state index contributed by atoms with van der Waals surface area (Å²) < 4.78 is 16.5. The van der Waals surface area contributed by atoms with Crippen molar-refractivity contribution in [2.45, 2.75) is 37.7 Å². The maximum absolute atomic E-state index is 11.9. The van der Waals surface area contributed by atoms with Gasteiger partial charge in [0.05, 0.1) is 19.8 Å². The van der Waals surface area contributed by atoms with E-state index < -0.39 is 0 Å². The van der Waals surface area contributed by atoms with Crippen molar-refractivity contribution in [3.8, 4) is 11.5 Å². The lowest BCUT2D eigenvalue weighted by Crippen LogP contribution is -2.38. The minimum absolute atomic E-state index is 0.243. The summed E-state index contributed by atoms with van der Waals surface area (Å²) >= 11 is 0. The van der Waals surface area contributed by atoms with Gasteiger partial charge in [-0.25, -0.2) is 4.79 Å². The molecule has 1 fully saturated rings. The number of carbonyl (C=O) groups is 1. The van der Waals surface area contributed by atoms with E-state index in [1.165, 1.54) is 26.4 Å². The zero-order chi connectivity index (χ0) is 14.9. The van der Waals surface area contributed by atoms with Crippen molar-refractivity contribution >= 4 is 12.0 Å². The van der Waals surface area contributed by atoms with Crippen molar-refractivity contribution in [1.82, 2.24) is 0 Å². The maximum atomic E-state index is 11.9. The molecule has 1 aromatic rings. The highest BCUT2D eigenvalue weighted by atomic mass is 16.5. The van der Waals surface area contributed by atoms with Crippen LogP contribution in [0.25, 0.3) is 6.08 Å². The highest BCUT2D eigenvalue weighted by Crippen LogP contribution is 2.45.